The summed E-state index contributed by atoms with van der Waals surface area (Å²) in [6.07, 6.45) is 2.80. The molecule has 2 rings (SSSR count). The number of aromatic nitrogens is 1. The van der Waals surface area contributed by atoms with Crippen molar-refractivity contribution < 1.29 is 23.9 Å². The third-order valence-electron chi connectivity index (χ3n) is 5.28. The largest absolute Gasteiger partial charge is 0.461 e. The van der Waals surface area contributed by atoms with E-state index in [-0.39, 0.29) is 24.2 Å². The fourth-order valence-electron chi connectivity index (χ4n) is 3.45. The number of aromatic amines is 1. The van der Waals surface area contributed by atoms with Crippen LogP contribution in [0.5, 0.6) is 0 Å². The maximum absolute atomic E-state index is 13.2. The summed E-state index contributed by atoms with van der Waals surface area (Å²) in [7, 11) is 1.57. The zero-order valence-corrected chi connectivity index (χ0v) is 16.9. The average Bonchev–Trinajstić information content (AvgIpc) is 2.87. The van der Waals surface area contributed by atoms with Crippen LogP contribution in [0.15, 0.2) is 0 Å². The molecule has 1 aliphatic rings. The minimum atomic E-state index is -0.628. The standard InChI is InChI=1S/C20H30N2O5/c1-6-27-20(25)17-12(2)16(13(3)21-17)18(23)14(4)22(10-11-26-5)19(24)15-8-7-9-15/h14-15,21H,6-11H2,1-5H3/t14-/m0/s1. The van der Waals surface area contributed by atoms with E-state index < -0.39 is 12.0 Å². The monoisotopic (exact) mass is 378 g/mol. The van der Waals surface area contributed by atoms with Crippen molar-refractivity contribution in [3.63, 3.8) is 0 Å². The zero-order chi connectivity index (χ0) is 20.1. The topological polar surface area (TPSA) is 88.7 Å². The Bertz CT molecular complexity index is 705. The number of carbonyl (C=O) groups excluding carboxylic acids is 3. The first-order valence-electron chi connectivity index (χ1n) is 9.53. The second-order valence-electron chi connectivity index (χ2n) is 7.04. The first-order chi connectivity index (χ1) is 12.8. The molecule has 27 heavy (non-hydrogen) atoms. The van der Waals surface area contributed by atoms with Crippen molar-refractivity contribution >= 4 is 17.7 Å². The van der Waals surface area contributed by atoms with E-state index in [1.54, 1.807) is 39.7 Å². The predicted molar refractivity (Wildman–Crippen MR) is 101 cm³/mol. The van der Waals surface area contributed by atoms with Gasteiger partial charge in [0.15, 0.2) is 5.78 Å². The highest BCUT2D eigenvalue weighted by atomic mass is 16.5. The molecule has 1 atom stereocenters. The summed E-state index contributed by atoms with van der Waals surface area (Å²) in [6, 6.07) is -0.628. The number of aryl methyl sites for hydroxylation is 1. The molecule has 7 heteroatoms. The summed E-state index contributed by atoms with van der Waals surface area (Å²) in [6.45, 7) is 7.95. The van der Waals surface area contributed by atoms with Crippen molar-refractivity contribution in [3.05, 3.63) is 22.5 Å². The van der Waals surface area contributed by atoms with Crippen LogP contribution < -0.4 is 0 Å². The number of ether oxygens (including phenoxy) is 2. The van der Waals surface area contributed by atoms with Crippen molar-refractivity contribution in [2.75, 3.05) is 26.9 Å². The number of carbonyl (C=O) groups is 3. The molecule has 1 saturated carbocycles. The molecule has 0 bridgehead atoms. The van der Waals surface area contributed by atoms with E-state index in [4.69, 9.17) is 9.47 Å². The van der Waals surface area contributed by atoms with Gasteiger partial charge in [0.05, 0.1) is 19.3 Å². The fraction of sp³-hybridized carbons (Fsp3) is 0.650. The third-order valence-corrected chi connectivity index (χ3v) is 5.28. The lowest BCUT2D eigenvalue weighted by molar-refractivity contribution is -0.140. The van der Waals surface area contributed by atoms with Gasteiger partial charge < -0.3 is 19.4 Å². The van der Waals surface area contributed by atoms with Crippen molar-refractivity contribution in [2.45, 2.75) is 53.0 Å². The van der Waals surface area contributed by atoms with Gasteiger partial charge in [0.2, 0.25) is 5.91 Å². The molecule has 0 spiro atoms. The van der Waals surface area contributed by atoms with E-state index in [1.165, 1.54) is 0 Å². The van der Waals surface area contributed by atoms with E-state index in [0.29, 0.717) is 35.7 Å². The number of ketones is 1. The van der Waals surface area contributed by atoms with Crippen LogP contribution in [0.4, 0.5) is 0 Å². The number of esters is 1. The second-order valence-corrected chi connectivity index (χ2v) is 7.04. The maximum Gasteiger partial charge on any atom is 0.355 e. The molecule has 0 unspecified atom stereocenters. The van der Waals surface area contributed by atoms with Gasteiger partial charge in [0.1, 0.15) is 5.69 Å². The number of nitrogens with one attached hydrogen (secondary N) is 1. The van der Waals surface area contributed by atoms with Crippen LogP contribution in [0, 0.1) is 19.8 Å². The van der Waals surface area contributed by atoms with Gasteiger partial charge in [-0.25, -0.2) is 4.79 Å². The van der Waals surface area contributed by atoms with E-state index >= 15 is 0 Å². The Kier molecular flexibility index (Phi) is 7.18. The second kappa shape index (κ2) is 9.17. The normalized spacial score (nSPS) is 15.1. The number of nitrogens with zero attached hydrogens (tertiary/aromatic N) is 1. The Hall–Kier alpha value is -2.15. The molecule has 1 aromatic heterocycles. The third kappa shape index (κ3) is 4.40. The number of H-pyrrole nitrogens is 1. The molecule has 1 fully saturated rings. The molecule has 1 aromatic rings. The fourth-order valence-corrected chi connectivity index (χ4v) is 3.45. The van der Waals surface area contributed by atoms with Crippen LogP contribution in [-0.4, -0.2) is 60.5 Å². The summed E-state index contributed by atoms with van der Waals surface area (Å²) in [5.74, 6) is -0.650. The molecule has 1 heterocycles. The highest BCUT2D eigenvalue weighted by molar-refractivity contribution is 6.06. The van der Waals surface area contributed by atoms with Crippen LogP contribution >= 0.6 is 0 Å². The number of amides is 1. The Morgan fingerprint density at radius 1 is 1.26 bits per heavy atom. The highest BCUT2D eigenvalue weighted by Crippen LogP contribution is 2.30. The van der Waals surface area contributed by atoms with Crippen LogP contribution in [0.1, 0.15) is 65.2 Å². The number of rotatable bonds is 9. The molecular formula is C20H30N2O5. The van der Waals surface area contributed by atoms with Gasteiger partial charge in [-0.1, -0.05) is 6.42 Å². The average molecular weight is 378 g/mol. The van der Waals surface area contributed by atoms with E-state index in [9.17, 15) is 14.4 Å². The predicted octanol–water partition coefficient (Wildman–Crippen LogP) is 2.65. The Morgan fingerprint density at radius 3 is 2.44 bits per heavy atom. The van der Waals surface area contributed by atoms with Gasteiger partial charge in [0.25, 0.3) is 0 Å². The molecule has 0 aromatic carbocycles. The van der Waals surface area contributed by atoms with E-state index in [1.807, 2.05) is 0 Å². The molecule has 0 aliphatic heterocycles. The number of methoxy groups -OCH3 is 1. The molecule has 1 amide bonds. The summed E-state index contributed by atoms with van der Waals surface area (Å²) >= 11 is 0. The SMILES string of the molecule is CCOC(=O)c1[nH]c(C)c(C(=O)[C@H](C)N(CCOC)C(=O)C2CCC2)c1C. The molecule has 1 aliphatic carbocycles. The van der Waals surface area contributed by atoms with Gasteiger partial charge >= 0.3 is 5.97 Å². The highest BCUT2D eigenvalue weighted by Gasteiger charge is 2.35. The maximum atomic E-state index is 13.2. The number of hydrogen-bond donors (Lipinski definition) is 1. The van der Waals surface area contributed by atoms with Crippen molar-refractivity contribution in [1.29, 1.82) is 0 Å². The summed E-state index contributed by atoms with van der Waals surface area (Å²) in [5, 5.41) is 0. The molecule has 1 N–H and O–H groups in total. The minimum Gasteiger partial charge on any atom is -0.461 e. The summed E-state index contributed by atoms with van der Waals surface area (Å²) < 4.78 is 10.2. The Labute approximate surface area is 160 Å². The number of hydrogen-bond acceptors (Lipinski definition) is 5. The first-order valence-corrected chi connectivity index (χ1v) is 9.53. The zero-order valence-electron chi connectivity index (χ0n) is 16.9. The van der Waals surface area contributed by atoms with Crippen LogP contribution in [0.2, 0.25) is 0 Å². The van der Waals surface area contributed by atoms with Crippen molar-refractivity contribution in [3.8, 4) is 0 Å². The molecule has 0 saturated heterocycles. The van der Waals surface area contributed by atoms with Crippen LogP contribution in [0.3, 0.4) is 0 Å². The molecular weight excluding hydrogens is 348 g/mol. The smallest absolute Gasteiger partial charge is 0.355 e. The van der Waals surface area contributed by atoms with Gasteiger partial charge in [-0.15, -0.1) is 0 Å². The first kappa shape index (κ1) is 21.2. The lowest BCUT2D eigenvalue weighted by Crippen LogP contribution is -2.48. The minimum absolute atomic E-state index is 0.000572. The van der Waals surface area contributed by atoms with Crippen LogP contribution in [0.25, 0.3) is 0 Å². The Balaban J connectivity index is 2.27. The quantitative estimate of drug-likeness (QED) is 0.527. The van der Waals surface area contributed by atoms with Gasteiger partial charge in [-0.05, 0) is 46.1 Å². The summed E-state index contributed by atoms with van der Waals surface area (Å²) in [4.78, 5) is 42.7. The number of Topliss-reactive ketones (excluding diaryl/α,β-unsaturated/α-hetero) is 1. The van der Waals surface area contributed by atoms with E-state index in [0.717, 1.165) is 19.3 Å². The van der Waals surface area contributed by atoms with Crippen LogP contribution in [-0.2, 0) is 14.3 Å². The molecule has 7 nitrogen and oxygen atoms in total. The lowest BCUT2D eigenvalue weighted by atomic mass is 9.84. The van der Waals surface area contributed by atoms with Gasteiger partial charge in [-0.2, -0.15) is 0 Å². The van der Waals surface area contributed by atoms with Gasteiger partial charge in [-0.3, -0.25) is 9.59 Å². The summed E-state index contributed by atoms with van der Waals surface area (Å²) in [5.41, 5.74) is 1.91. The van der Waals surface area contributed by atoms with Gasteiger partial charge in [0, 0.05) is 30.8 Å². The van der Waals surface area contributed by atoms with Crippen molar-refractivity contribution in [1.82, 2.24) is 9.88 Å². The Morgan fingerprint density at radius 2 is 1.93 bits per heavy atom. The molecule has 0 radical (unpaired) electrons. The van der Waals surface area contributed by atoms with Crippen molar-refractivity contribution in [2.24, 2.45) is 5.92 Å². The van der Waals surface area contributed by atoms with E-state index in [2.05, 4.69) is 4.98 Å². The lowest BCUT2D eigenvalue weighted by Gasteiger charge is -2.35. The molecule has 150 valence electrons.